The molecule has 3 heteroatoms. The van der Waals surface area contributed by atoms with E-state index in [9.17, 15) is 4.79 Å². The van der Waals surface area contributed by atoms with Crippen LogP contribution < -0.4 is 10.1 Å². The predicted octanol–water partition coefficient (Wildman–Crippen LogP) is 6.18. The van der Waals surface area contributed by atoms with Crippen molar-refractivity contribution in [2.75, 3.05) is 11.9 Å². The third kappa shape index (κ3) is 4.57. The van der Waals surface area contributed by atoms with Gasteiger partial charge in [-0.3, -0.25) is 4.79 Å². The van der Waals surface area contributed by atoms with E-state index in [0.717, 1.165) is 48.2 Å². The van der Waals surface area contributed by atoms with Crippen molar-refractivity contribution in [1.82, 2.24) is 0 Å². The van der Waals surface area contributed by atoms with Crippen molar-refractivity contribution in [2.45, 2.75) is 65.2 Å². The van der Waals surface area contributed by atoms with E-state index in [0.29, 0.717) is 12.5 Å². The first-order chi connectivity index (χ1) is 13.4. The molecule has 0 aromatic heterocycles. The Morgan fingerprint density at radius 2 is 1.71 bits per heavy atom. The van der Waals surface area contributed by atoms with Crippen molar-refractivity contribution in [3.8, 4) is 5.75 Å². The van der Waals surface area contributed by atoms with E-state index < -0.39 is 5.41 Å². The summed E-state index contributed by atoms with van der Waals surface area (Å²) in [7, 11) is 0. The van der Waals surface area contributed by atoms with Crippen LogP contribution in [0.4, 0.5) is 5.69 Å². The highest BCUT2D eigenvalue weighted by atomic mass is 16.5. The molecule has 0 atom stereocenters. The molecule has 0 heterocycles. The topological polar surface area (TPSA) is 38.3 Å². The molecular formula is C25H33NO2. The fourth-order valence-corrected chi connectivity index (χ4v) is 4.07. The quantitative estimate of drug-likeness (QED) is 0.651. The van der Waals surface area contributed by atoms with Crippen LogP contribution in [0, 0.1) is 19.8 Å². The van der Waals surface area contributed by atoms with E-state index >= 15 is 0 Å². The number of hydrogen-bond acceptors (Lipinski definition) is 2. The molecule has 28 heavy (non-hydrogen) atoms. The fourth-order valence-electron chi connectivity index (χ4n) is 4.07. The molecule has 1 aliphatic rings. The molecule has 0 aliphatic heterocycles. The number of rotatable bonds is 6. The van der Waals surface area contributed by atoms with E-state index in [-0.39, 0.29) is 5.91 Å². The van der Waals surface area contributed by atoms with Gasteiger partial charge in [0.1, 0.15) is 5.75 Å². The van der Waals surface area contributed by atoms with Crippen LogP contribution in [0.25, 0.3) is 0 Å². The normalized spacial score (nSPS) is 16.0. The molecule has 0 saturated heterocycles. The Morgan fingerprint density at radius 3 is 2.32 bits per heavy atom. The Morgan fingerprint density at radius 1 is 1.04 bits per heavy atom. The third-order valence-corrected chi connectivity index (χ3v) is 5.75. The Bertz CT molecular complexity index is 802. The van der Waals surface area contributed by atoms with Crippen LogP contribution in [0.3, 0.4) is 0 Å². The maximum Gasteiger partial charge on any atom is 0.235 e. The summed E-state index contributed by atoms with van der Waals surface area (Å²) in [6.45, 7) is 9.09. The Hall–Kier alpha value is -2.29. The summed E-state index contributed by atoms with van der Waals surface area (Å²) in [5.74, 6) is 1.49. The first-order valence-electron chi connectivity index (χ1n) is 10.5. The number of anilines is 1. The largest absolute Gasteiger partial charge is 0.493 e. The molecule has 1 N–H and O–H groups in total. The molecular weight excluding hydrogens is 346 g/mol. The van der Waals surface area contributed by atoms with Crippen LogP contribution in [0.5, 0.6) is 5.75 Å². The standard InChI is InChI=1S/C25H33NO2/c1-18(2)17-28-23-13-12-22(16-20(23)4)26-24(27)25(14-6-5-7-15-25)21-10-8-19(3)9-11-21/h8-13,16,18H,5-7,14-15,17H2,1-4H3,(H,26,27). The summed E-state index contributed by atoms with van der Waals surface area (Å²) in [5, 5.41) is 3.20. The Balaban J connectivity index is 1.80. The highest BCUT2D eigenvalue weighted by Gasteiger charge is 2.41. The Kier molecular flexibility index (Phi) is 6.43. The number of hydrogen-bond donors (Lipinski definition) is 1. The molecule has 0 unspecified atom stereocenters. The summed E-state index contributed by atoms with van der Waals surface area (Å²) in [6.07, 6.45) is 5.24. The number of carbonyl (C=O) groups is 1. The van der Waals surface area contributed by atoms with Crippen LogP contribution in [0.15, 0.2) is 42.5 Å². The van der Waals surface area contributed by atoms with Crippen molar-refractivity contribution in [3.05, 3.63) is 59.2 Å². The van der Waals surface area contributed by atoms with Crippen LogP contribution in [0.2, 0.25) is 0 Å². The number of nitrogens with one attached hydrogen (secondary N) is 1. The smallest absolute Gasteiger partial charge is 0.235 e. The van der Waals surface area contributed by atoms with Crippen LogP contribution in [-0.2, 0) is 10.2 Å². The highest BCUT2D eigenvalue weighted by Crippen LogP contribution is 2.40. The molecule has 2 aromatic rings. The lowest BCUT2D eigenvalue weighted by molar-refractivity contribution is -0.122. The summed E-state index contributed by atoms with van der Waals surface area (Å²) in [4.78, 5) is 13.4. The molecule has 1 amide bonds. The molecule has 150 valence electrons. The second-order valence-corrected chi connectivity index (χ2v) is 8.65. The molecule has 3 rings (SSSR count). The SMILES string of the molecule is Cc1ccc(C2(C(=O)Nc3ccc(OCC(C)C)c(C)c3)CCCCC2)cc1. The summed E-state index contributed by atoms with van der Waals surface area (Å²) in [5.41, 5.74) is 3.83. The minimum absolute atomic E-state index is 0.117. The van der Waals surface area contributed by atoms with Gasteiger partial charge in [-0.1, -0.05) is 62.9 Å². The zero-order valence-corrected chi connectivity index (χ0v) is 17.7. The molecule has 0 bridgehead atoms. The van der Waals surface area contributed by atoms with Gasteiger partial charge in [0.15, 0.2) is 0 Å². The lowest BCUT2D eigenvalue weighted by Crippen LogP contribution is -2.42. The second-order valence-electron chi connectivity index (χ2n) is 8.65. The van der Waals surface area contributed by atoms with Crippen molar-refractivity contribution >= 4 is 11.6 Å². The molecule has 1 fully saturated rings. The van der Waals surface area contributed by atoms with Gasteiger partial charge in [-0.25, -0.2) is 0 Å². The number of carbonyl (C=O) groups excluding carboxylic acids is 1. The fraction of sp³-hybridized carbons (Fsp3) is 0.480. The average Bonchev–Trinajstić information content (AvgIpc) is 2.68. The van der Waals surface area contributed by atoms with Gasteiger partial charge in [0.2, 0.25) is 5.91 Å². The van der Waals surface area contributed by atoms with Crippen molar-refractivity contribution in [2.24, 2.45) is 5.92 Å². The van der Waals surface area contributed by atoms with E-state index in [4.69, 9.17) is 4.74 Å². The summed E-state index contributed by atoms with van der Waals surface area (Å²) >= 11 is 0. The van der Waals surface area contributed by atoms with Crippen LogP contribution in [-0.4, -0.2) is 12.5 Å². The number of ether oxygens (including phenoxy) is 1. The zero-order valence-electron chi connectivity index (χ0n) is 17.7. The highest BCUT2D eigenvalue weighted by molar-refractivity contribution is 5.99. The van der Waals surface area contributed by atoms with Gasteiger partial charge in [-0.15, -0.1) is 0 Å². The van der Waals surface area contributed by atoms with E-state index in [1.807, 2.05) is 25.1 Å². The van der Waals surface area contributed by atoms with Crippen molar-refractivity contribution < 1.29 is 9.53 Å². The van der Waals surface area contributed by atoms with Gasteiger partial charge in [0, 0.05) is 5.69 Å². The lowest BCUT2D eigenvalue weighted by Gasteiger charge is -2.36. The van der Waals surface area contributed by atoms with Gasteiger partial charge < -0.3 is 10.1 Å². The average molecular weight is 380 g/mol. The number of aryl methyl sites for hydroxylation is 2. The number of amides is 1. The van der Waals surface area contributed by atoms with Gasteiger partial charge in [-0.05, 0) is 61.9 Å². The summed E-state index contributed by atoms with van der Waals surface area (Å²) in [6, 6.07) is 14.4. The second kappa shape index (κ2) is 8.81. The maximum atomic E-state index is 13.4. The maximum absolute atomic E-state index is 13.4. The first-order valence-corrected chi connectivity index (χ1v) is 10.5. The van der Waals surface area contributed by atoms with Crippen LogP contribution >= 0.6 is 0 Å². The van der Waals surface area contributed by atoms with E-state index in [1.165, 1.54) is 12.0 Å². The first kappa shape index (κ1) is 20.4. The van der Waals surface area contributed by atoms with Crippen molar-refractivity contribution in [3.63, 3.8) is 0 Å². The lowest BCUT2D eigenvalue weighted by atomic mass is 9.68. The van der Waals surface area contributed by atoms with Gasteiger partial charge in [-0.2, -0.15) is 0 Å². The molecule has 1 aliphatic carbocycles. The van der Waals surface area contributed by atoms with Crippen LogP contribution in [0.1, 0.15) is 62.6 Å². The van der Waals surface area contributed by atoms with E-state index in [2.05, 4.69) is 50.4 Å². The predicted molar refractivity (Wildman–Crippen MR) is 116 cm³/mol. The zero-order chi connectivity index (χ0) is 20.1. The van der Waals surface area contributed by atoms with E-state index in [1.54, 1.807) is 0 Å². The van der Waals surface area contributed by atoms with Crippen molar-refractivity contribution in [1.29, 1.82) is 0 Å². The molecule has 1 saturated carbocycles. The van der Waals surface area contributed by atoms with Gasteiger partial charge in [0.25, 0.3) is 0 Å². The monoisotopic (exact) mass is 379 g/mol. The number of benzene rings is 2. The molecule has 0 radical (unpaired) electrons. The Labute approximate surface area is 169 Å². The van der Waals surface area contributed by atoms with Gasteiger partial charge >= 0.3 is 0 Å². The molecule has 3 nitrogen and oxygen atoms in total. The third-order valence-electron chi connectivity index (χ3n) is 5.75. The minimum Gasteiger partial charge on any atom is -0.493 e. The molecule has 2 aromatic carbocycles. The van der Waals surface area contributed by atoms with Gasteiger partial charge in [0.05, 0.1) is 12.0 Å². The molecule has 0 spiro atoms. The minimum atomic E-state index is -0.424. The summed E-state index contributed by atoms with van der Waals surface area (Å²) < 4.78 is 5.86.